The van der Waals surface area contributed by atoms with E-state index in [0.29, 0.717) is 24.3 Å². The molecule has 2 aromatic carbocycles. The van der Waals surface area contributed by atoms with Crippen LogP contribution in [0.2, 0.25) is 5.02 Å². The van der Waals surface area contributed by atoms with Crippen LogP contribution in [0.4, 0.5) is 5.82 Å². The van der Waals surface area contributed by atoms with Crippen LogP contribution >= 0.6 is 11.6 Å². The van der Waals surface area contributed by atoms with Crippen molar-refractivity contribution in [2.75, 3.05) is 39.2 Å². The van der Waals surface area contributed by atoms with Gasteiger partial charge in [0.2, 0.25) is 0 Å². The van der Waals surface area contributed by atoms with Crippen LogP contribution in [0.25, 0.3) is 10.9 Å². The molecule has 33 heavy (non-hydrogen) atoms. The van der Waals surface area contributed by atoms with Gasteiger partial charge in [-0.3, -0.25) is 4.90 Å². The summed E-state index contributed by atoms with van der Waals surface area (Å²) >= 11 is 6.21. The lowest BCUT2D eigenvalue weighted by Crippen LogP contribution is -2.38. The summed E-state index contributed by atoms with van der Waals surface area (Å²) in [7, 11) is 3.39. The number of benzene rings is 2. The number of anilines is 1. The van der Waals surface area contributed by atoms with E-state index in [1.54, 1.807) is 14.2 Å². The number of ether oxygens (including phenoxy) is 3. The maximum atomic E-state index is 6.21. The molecule has 0 spiro atoms. The summed E-state index contributed by atoms with van der Waals surface area (Å²) < 4.78 is 16.5. The third kappa shape index (κ3) is 5.88. The van der Waals surface area contributed by atoms with Crippen molar-refractivity contribution in [2.24, 2.45) is 0 Å². The molecule has 1 saturated heterocycles. The minimum atomic E-state index is 0.385. The van der Waals surface area contributed by atoms with E-state index < -0.39 is 0 Å². The highest BCUT2D eigenvalue weighted by Gasteiger charge is 2.20. The standard InChI is InChI=1S/C26H32ClN3O3/c1-4-33-25-13-18(5-8-24(25)32-3)16-30-11-9-21(10-12-30)28-26-14-19(17-31-2)22-7-6-20(27)15-23(22)29-26/h5-8,13-15,21H,4,9-12,16-17H2,1-3H3,(H,28,29). The van der Waals surface area contributed by atoms with Gasteiger partial charge in [-0.2, -0.15) is 0 Å². The Hall–Kier alpha value is -2.54. The van der Waals surface area contributed by atoms with Crippen LogP contribution in [0, 0.1) is 0 Å². The van der Waals surface area contributed by atoms with Crippen LogP contribution in [0.5, 0.6) is 11.5 Å². The Kier molecular flexibility index (Phi) is 7.91. The third-order valence-electron chi connectivity index (χ3n) is 6.03. The van der Waals surface area contributed by atoms with Gasteiger partial charge in [0.05, 0.1) is 25.8 Å². The van der Waals surface area contributed by atoms with Gasteiger partial charge < -0.3 is 19.5 Å². The molecular weight excluding hydrogens is 438 g/mol. The Bertz CT molecular complexity index is 1080. The number of fused-ring (bicyclic) bond motifs is 1. The summed E-state index contributed by atoms with van der Waals surface area (Å²) in [6, 6.07) is 14.5. The van der Waals surface area contributed by atoms with E-state index in [0.717, 1.165) is 66.3 Å². The van der Waals surface area contributed by atoms with Crippen molar-refractivity contribution in [3.05, 3.63) is 58.6 Å². The Labute approximate surface area is 200 Å². The fraction of sp³-hybridized carbons (Fsp3) is 0.423. The number of aromatic nitrogens is 1. The van der Waals surface area contributed by atoms with Gasteiger partial charge in [0.15, 0.2) is 11.5 Å². The molecule has 1 fully saturated rings. The van der Waals surface area contributed by atoms with Crippen molar-refractivity contribution in [3.63, 3.8) is 0 Å². The van der Waals surface area contributed by atoms with Crippen molar-refractivity contribution < 1.29 is 14.2 Å². The topological polar surface area (TPSA) is 55.9 Å². The van der Waals surface area contributed by atoms with E-state index in [9.17, 15) is 0 Å². The first-order valence-electron chi connectivity index (χ1n) is 11.5. The second-order valence-electron chi connectivity index (χ2n) is 8.37. The van der Waals surface area contributed by atoms with Crippen molar-refractivity contribution in [3.8, 4) is 11.5 Å². The zero-order valence-corrected chi connectivity index (χ0v) is 20.3. The quantitative estimate of drug-likeness (QED) is 0.445. The first-order chi connectivity index (χ1) is 16.1. The molecule has 1 N–H and O–H groups in total. The monoisotopic (exact) mass is 469 g/mol. The summed E-state index contributed by atoms with van der Waals surface area (Å²) in [5, 5.41) is 5.41. The molecule has 0 bridgehead atoms. The van der Waals surface area contributed by atoms with Gasteiger partial charge in [0.1, 0.15) is 5.82 Å². The van der Waals surface area contributed by atoms with Crippen LogP contribution < -0.4 is 14.8 Å². The van der Waals surface area contributed by atoms with E-state index in [2.05, 4.69) is 28.4 Å². The van der Waals surface area contributed by atoms with E-state index in [4.69, 9.17) is 30.8 Å². The third-order valence-corrected chi connectivity index (χ3v) is 6.27. The molecule has 0 unspecified atom stereocenters. The maximum absolute atomic E-state index is 6.21. The maximum Gasteiger partial charge on any atom is 0.161 e. The molecule has 2 heterocycles. The van der Waals surface area contributed by atoms with Crippen LogP contribution in [0.3, 0.4) is 0 Å². The lowest BCUT2D eigenvalue weighted by Gasteiger charge is -2.32. The highest BCUT2D eigenvalue weighted by atomic mass is 35.5. The van der Waals surface area contributed by atoms with Gasteiger partial charge >= 0.3 is 0 Å². The second kappa shape index (κ2) is 11.1. The number of nitrogens with zero attached hydrogens (tertiary/aromatic N) is 2. The zero-order valence-electron chi connectivity index (χ0n) is 19.6. The highest BCUT2D eigenvalue weighted by molar-refractivity contribution is 6.31. The van der Waals surface area contributed by atoms with Crippen molar-refractivity contribution in [2.45, 2.75) is 39.0 Å². The predicted octanol–water partition coefficient (Wildman–Crippen LogP) is 5.52. The first kappa shape index (κ1) is 23.6. The normalized spacial score (nSPS) is 15.0. The summed E-state index contributed by atoms with van der Waals surface area (Å²) in [4.78, 5) is 7.30. The fourth-order valence-electron chi connectivity index (χ4n) is 4.41. The van der Waals surface area contributed by atoms with Gasteiger partial charge in [0, 0.05) is 43.2 Å². The van der Waals surface area contributed by atoms with E-state index in [1.165, 1.54) is 5.56 Å². The number of pyridine rings is 1. The minimum absolute atomic E-state index is 0.385. The van der Waals surface area contributed by atoms with Gasteiger partial charge in [-0.1, -0.05) is 23.7 Å². The lowest BCUT2D eigenvalue weighted by atomic mass is 10.0. The average Bonchev–Trinajstić information content (AvgIpc) is 2.81. The van der Waals surface area contributed by atoms with E-state index >= 15 is 0 Å². The zero-order chi connectivity index (χ0) is 23.2. The van der Waals surface area contributed by atoms with Gasteiger partial charge in [-0.15, -0.1) is 0 Å². The van der Waals surface area contributed by atoms with Gasteiger partial charge in [0.25, 0.3) is 0 Å². The lowest BCUT2D eigenvalue weighted by molar-refractivity contribution is 0.186. The predicted molar refractivity (Wildman–Crippen MR) is 134 cm³/mol. The molecule has 0 amide bonds. The molecule has 0 aliphatic carbocycles. The number of likely N-dealkylation sites (tertiary alicyclic amines) is 1. The molecule has 176 valence electrons. The molecule has 1 aliphatic rings. The molecule has 1 aliphatic heterocycles. The molecule has 6 nitrogen and oxygen atoms in total. The Balaban J connectivity index is 1.38. The Morgan fingerprint density at radius 1 is 1.06 bits per heavy atom. The summed E-state index contributed by atoms with van der Waals surface area (Å²) in [6.45, 7) is 6.11. The first-order valence-corrected chi connectivity index (χ1v) is 11.8. The number of hydrogen-bond donors (Lipinski definition) is 1. The molecule has 0 atom stereocenters. The molecular formula is C26H32ClN3O3. The van der Waals surface area contributed by atoms with Crippen LogP contribution in [0.1, 0.15) is 30.9 Å². The second-order valence-corrected chi connectivity index (χ2v) is 8.81. The summed E-state index contributed by atoms with van der Waals surface area (Å²) in [5.41, 5.74) is 3.24. The number of methoxy groups -OCH3 is 2. The van der Waals surface area contributed by atoms with E-state index in [-0.39, 0.29) is 0 Å². The largest absolute Gasteiger partial charge is 0.493 e. The van der Waals surface area contributed by atoms with Gasteiger partial charge in [-0.25, -0.2) is 4.98 Å². The minimum Gasteiger partial charge on any atom is -0.493 e. The molecule has 0 radical (unpaired) electrons. The van der Waals surface area contributed by atoms with Crippen LogP contribution in [-0.2, 0) is 17.9 Å². The summed E-state index contributed by atoms with van der Waals surface area (Å²) in [6.07, 6.45) is 2.12. The fourth-order valence-corrected chi connectivity index (χ4v) is 4.58. The number of hydrogen-bond acceptors (Lipinski definition) is 6. The average molecular weight is 470 g/mol. The highest BCUT2D eigenvalue weighted by Crippen LogP contribution is 2.29. The summed E-state index contributed by atoms with van der Waals surface area (Å²) in [5.74, 6) is 2.47. The molecule has 7 heteroatoms. The van der Waals surface area contributed by atoms with Crippen LogP contribution in [0.15, 0.2) is 42.5 Å². The molecule has 4 rings (SSSR count). The SMILES string of the molecule is CCOc1cc(CN2CCC(Nc3cc(COC)c4ccc(Cl)cc4n3)CC2)ccc1OC. The van der Waals surface area contributed by atoms with Crippen molar-refractivity contribution in [1.82, 2.24) is 9.88 Å². The molecule has 3 aromatic rings. The van der Waals surface area contributed by atoms with Crippen molar-refractivity contribution in [1.29, 1.82) is 0 Å². The van der Waals surface area contributed by atoms with Gasteiger partial charge in [-0.05, 0) is 61.2 Å². The van der Waals surface area contributed by atoms with Crippen LogP contribution in [-0.4, -0.2) is 49.8 Å². The Morgan fingerprint density at radius 2 is 1.88 bits per heavy atom. The molecule has 1 aromatic heterocycles. The number of piperidine rings is 1. The smallest absolute Gasteiger partial charge is 0.161 e. The number of halogens is 1. The number of nitrogens with one attached hydrogen (secondary N) is 1. The number of rotatable bonds is 9. The molecule has 0 saturated carbocycles. The van der Waals surface area contributed by atoms with Crippen molar-refractivity contribution >= 4 is 28.3 Å². The Morgan fingerprint density at radius 3 is 2.61 bits per heavy atom. The van der Waals surface area contributed by atoms with E-state index in [1.807, 2.05) is 31.2 Å².